The number of hydrogen-bond donors (Lipinski definition) is 1. The molecule has 9 heteroatoms. The average molecular weight is 409 g/mol. The minimum atomic E-state index is -3.93. The van der Waals surface area contributed by atoms with Gasteiger partial charge >= 0.3 is 5.97 Å². The predicted molar refractivity (Wildman–Crippen MR) is 99.1 cm³/mol. The lowest BCUT2D eigenvalue weighted by Crippen LogP contribution is -2.34. The van der Waals surface area contributed by atoms with Crippen LogP contribution in [0.3, 0.4) is 0 Å². The zero-order valence-electron chi connectivity index (χ0n) is 15.3. The SMILES string of the molecule is CCOc1ccc(S(=O)(=O)NCC(=O)O[C@H](C)C(=O)c2ccc(F)cc2)cc1. The molecular weight excluding hydrogens is 389 g/mol. The van der Waals surface area contributed by atoms with Crippen molar-refractivity contribution in [1.29, 1.82) is 0 Å². The Balaban J connectivity index is 1.91. The first-order chi connectivity index (χ1) is 13.2. The van der Waals surface area contributed by atoms with Gasteiger partial charge in [0.05, 0.1) is 11.5 Å². The van der Waals surface area contributed by atoms with E-state index in [-0.39, 0.29) is 10.5 Å². The van der Waals surface area contributed by atoms with Crippen LogP contribution in [0, 0.1) is 5.82 Å². The lowest BCUT2D eigenvalue weighted by atomic mass is 10.1. The van der Waals surface area contributed by atoms with Crippen LogP contribution in [0.4, 0.5) is 4.39 Å². The summed E-state index contributed by atoms with van der Waals surface area (Å²) in [6, 6.07) is 10.5. The lowest BCUT2D eigenvalue weighted by molar-refractivity contribution is -0.144. The molecule has 7 nitrogen and oxygen atoms in total. The summed E-state index contributed by atoms with van der Waals surface area (Å²) in [5.74, 6) is -1.42. The van der Waals surface area contributed by atoms with Crippen LogP contribution in [-0.2, 0) is 19.6 Å². The van der Waals surface area contributed by atoms with E-state index in [9.17, 15) is 22.4 Å². The van der Waals surface area contributed by atoms with Gasteiger partial charge in [-0.2, -0.15) is 4.72 Å². The quantitative estimate of drug-likeness (QED) is 0.504. The maximum absolute atomic E-state index is 12.9. The monoisotopic (exact) mass is 409 g/mol. The number of carbonyl (C=O) groups is 2. The Hall–Kier alpha value is -2.78. The van der Waals surface area contributed by atoms with E-state index >= 15 is 0 Å². The Bertz CT molecular complexity index is 926. The van der Waals surface area contributed by atoms with Crippen molar-refractivity contribution in [3.8, 4) is 5.75 Å². The Morgan fingerprint density at radius 1 is 1.07 bits per heavy atom. The number of benzene rings is 2. The summed E-state index contributed by atoms with van der Waals surface area (Å²) >= 11 is 0. The number of hydrogen-bond acceptors (Lipinski definition) is 6. The Morgan fingerprint density at radius 3 is 2.25 bits per heavy atom. The highest BCUT2D eigenvalue weighted by Crippen LogP contribution is 2.15. The van der Waals surface area contributed by atoms with E-state index in [0.29, 0.717) is 12.4 Å². The first-order valence-electron chi connectivity index (χ1n) is 8.44. The standard InChI is InChI=1S/C19H20FNO6S/c1-3-26-16-8-10-17(11-9-16)28(24,25)21-12-18(22)27-13(2)19(23)14-4-6-15(20)7-5-14/h4-11,13,21H,3,12H2,1-2H3/t13-/m1/s1. The molecule has 2 aromatic carbocycles. The number of Topliss-reactive ketones (excluding diaryl/α,β-unsaturated/α-hetero) is 1. The van der Waals surface area contributed by atoms with Crippen LogP contribution in [0.15, 0.2) is 53.4 Å². The van der Waals surface area contributed by atoms with Crippen molar-refractivity contribution >= 4 is 21.8 Å². The molecule has 1 atom stereocenters. The van der Waals surface area contributed by atoms with E-state index in [1.165, 1.54) is 43.3 Å². The van der Waals surface area contributed by atoms with Gasteiger partial charge in [-0.05, 0) is 62.4 Å². The second-order valence-electron chi connectivity index (χ2n) is 5.73. The minimum absolute atomic E-state index is 0.0424. The summed E-state index contributed by atoms with van der Waals surface area (Å²) in [7, 11) is -3.93. The smallest absolute Gasteiger partial charge is 0.321 e. The largest absolute Gasteiger partial charge is 0.494 e. The molecule has 0 unspecified atom stereocenters. The van der Waals surface area contributed by atoms with Gasteiger partial charge in [0.25, 0.3) is 0 Å². The van der Waals surface area contributed by atoms with Gasteiger partial charge in [-0.1, -0.05) is 0 Å². The lowest BCUT2D eigenvalue weighted by Gasteiger charge is -2.13. The molecular formula is C19H20FNO6S. The summed E-state index contributed by atoms with van der Waals surface area (Å²) in [4.78, 5) is 24.0. The highest BCUT2D eigenvalue weighted by Gasteiger charge is 2.21. The molecule has 0 saturated heterocycles. The minimum Gasteiger partial charge on any atom is -0.494 e. The Labute approximate surface area is 162 Å². The molecule has 0 saturated carbocycles. The molecule has 0 aliphatic heterocycles. The fourth-order valence-electron chi connectivity index (χ4n) is 2.26. The van der Waals surface area contributed by atoms with Crippen LogP contribution >= 0.6 is 0 Å². The zero-order chi connectivity index (χ0) is 20.7. The number of nitrogens with one attached hydrogen (secondary N) is 1. The topological polar surface area (TPSA) is 98.8 Å². The van der Waals surface area contributed by atoms with E-state index < -0.39 is 40.2 Å². The summed E-state index contributed by atoms with van der Waals surface area (Å²) in [5.41, 5.74) is 0.177. The molecule has 0 heterocycles. The highest BCUT2D eigenvalue weighted by molar-refractivity contribution is 7.89. The molecule has 0 aliphatic carbocycles. The molecule has 150 valence electrons. The summed E-state index contributed by atoms with van der Waals surface area (Å²) < 4.78 is 49.6. The first kappa shape index (κ1) is 21.5. The van der Waals surface area contributed by atoms with E-state index in [1.807, 2.05) is 0 Å². The predicted octanol–water partition coefficient (Wildman–Crippen LogP) is 2.32. The van der Waals surface area contributed by atoms with Crippen LogP contribution in [0.1, 0.15) is 24.2 Å². The van der Waals surface area contributed by atoms with Gasteiger partial charge in [-0.15, -0.1) is 0 Å². The molecule has 0 bridgehead atoms. The maximum Gasteiger partial charge on any atom is 0.321 e. The van der Waals surface area contributed by atoms with Gasteiger partial charge in [0.1, 0.15) is 18.1 Å². The van der Waals surface area contributed by atoms with Gasteiger partial charge in [0.15, 0.2) is 6.10 Å². The van der Waals surface area contributed by atoms with Crippen molar-refractivity contribution in [3.63, 3.8) is 0 Å². The number of ether oxygens (including phenoxy) is 2. The molecule has 0 aliphatic rings. The van der Waals surface area contributed by atoms with Crippen LogP contribution in [-0.4, -0.2) is 39.4 Å². The molecule has 0 radical (unpaired) electrons. The third-order valence-corrected chi connectivity index (χ3v) is 5.07. The molecule has 0 aromatic heterocycles. The molecule has 0 spiro atoms. The third-order valence-electron chi connectivity index (χ3n) is 3.66. The molecule has 2 aromatic rings. The van der Waals surface area contributed by atoms with E-state index in [2.05, 4.69) is 4.72 Å². The maximum atomic E-state index is 12.9. The van der Waals surface area contributed by atoms with E-state index in [4.69, 9.17) is 9.47 Å². The third kappa shape index (κ3) is 5.86. The average Bonchev–Trinajstić information content (AvgIpc) is 2.67. The fraction of sp³-hybridized carbons (Fsp3) is 0.263. The van der Waals surface area contributed by atoms with Crippen molar-refractivity contribution in [3.05, 3.63) is 59.9 Å². The van der Waals surface area contributed by atoms with Gasteiger partial charge in [-0.25, -0.2) is 12.8 Å². The molecule has 0 fully saturated rings. The van der Waals surface area contributed by atoms with E-state index in [1.54, 1.807) is 6.92 Å². The van der Waals surface area contributed by atoms with Crippen molar-refractivity contribution in [2.24, 2.45) is 0 Å². The van der Waals surface area contributed by atoms with Crippen LogP contribution in [0.5, 0.6) is 5.75 Å². The van der Waals surface area contributed by atoms with Gasteiger partial charge < -0.3 is 9.47 Å². The van der Waals surface area contributed by atoms with Crippen LogP contribution < -0.4 is 9.46 Å². The van der Waals surface area contributed by atoms with Crippen molar-refractivity contribution in [2.45, 2.75) is 24.8 Å². The number of halogens is 1. The fourth-order valence-corrected chi connectivity index (χ4v) is 3.23. The van der Waals surface area contributed by atoms with Gasteiger partial charge in [0, 0.05) is 5.56 Å². The van der Waals surface area contributed by atoms with Crippen LogP contribution in [0.2, 0.25) is 0 Å². The number of ketones is 1. The van der Waals surface area contributed by atoms with Crippen LogP contribution in [0.25, 0.3) is 0 Å². The summed E-state index contributed by atoms with van der Waals surface area (Å²) in [6.45, 7) is 2.96. The second kappa shape index (κ2) is 9.43. The number of esters is 1. The number of sulfonamides is 1. The first-order valence-corrected chi connectivity index (χ1v) is 9.93. The molecule has 1 N–H and O–H groups in total. The van der Waals surface area contributed by atoms with Gasteiger partial charge in [0.2, 0.25) is 15.8 Å². The van der Waals surface area contributed by atoms with E-state index in [0.717, 1.165) is 12.1 Å². The molecule has 28 heavy (non-hydrogen) atoms. The number of rotatable bonds is 9. The second-order valence-corrected chi connectivity index (χ2v) is 7.50. The number of carbonyl (C=O) groups excluding carboxylic acids is 2. The van der Waals surface area contributed by atoms with Crippen molar-refractivity contribution < 1.29 is 31.9 Å². The molecule has 0 amide bonds. The molecule has 2 rings (SSSR count). The van der Waals surface area contributed by atoms with Gasteiger partial charge in [-0.3, -0.25) is 9.59 Å². The van der Waals surface area contributed by atoms with Crippen molar-refractivity contribution in [1.82, 2.24) is 4.72 Å². The van der Waals surface area contributed by atoms with Crippen molar-refractivity contribution in [2.75, 3.05) is 13.2 Å². The Kier molecular flexibility index (Phi) is 7.24. The zero-order valence-corrected chi connectivity index (χ0v) is 16.2. The summed E-state index contributed by atoms with van der Waals surface area (Å²) in [5, 5.41) is 0. The highest BCUT2D eigenvalue weighted by atomic mass is 32.2. The summed E-state index contributed by atoms with van der Waals surface area (Å²) in [6.07, 6.45) is -1.15. The normalized spacial score (nSPS) is 12.2. The Morgan fingerprint density at radius 2 is 1.68 bits per heavy atom.